The molecule has 0 bridgehead atoms. The minimum atomic E-state index is -1.11. The summed E-state index contributed by atoms with van der Waals surface area (Å²) in [6.07, 6.45) is 0.537. The predicted molar refractivity (Wildman–Crippen MR) is 124 cm³/mol. The van der Waals surface area contributed by atoms with Crippen LogP contribution < -0.4 is 15.4 Å². The number of amides is 1. The van der Waals surface area contributed by atoms with E-state index in [1.165, 1.54) is 7.11 Å². The van der Waals surface area contributed by atoms with Crippen molar-refractivity contribution in [1.82, 2.24) is 10.6 Å². The van der Waals surface area contributed by atoms with Crippen LogP contribution in [0.25, 0.3) is 0 Å². The molecular weight excluding hydrogens is 424 g/mol. The molecule has 0 unspecified atom stereocenters. The third kappa shape index (κ3) is 8.57. The van der Waals surface area contributed by atoms with Gasteiger partial charge < -0.3 is 25.2 Å². The lowest BCUT2D eigenvalue weighted by atomic mass is 9.97. The second-order valence-corrected chi connectivity index (χ2v) is 7.84. The Labute approximate surface area is 194 Å². The van der Waals surface area contributed by atoms with Gasteiger partial charge in [-0.25, -0.2) is 4.79 Å². The molecule has 0 fully saturated rings. The number of rotatable bonds is 13. The van der Waals surface area contributed by atoms with E-state index in [-0.39, 0.29) is 12.3 Å². The molecule has 2 rings (SSSR count). The van der Waals surface area contributed by atoms with Crippen LogP contribution in [0.4, 0.5) is 0 Å². The van der Waals surface area contributed by atoms with Gasteiger partial charge in [0.2, 0.25) is 5.91 Å². The van der Waals surface area contributed by atoms with Crippen molar-refractivity contribution in [2.45, 2.75) is 44.2 Å². The molecule has 0 aromatic heterocycles. The third-order valence-corrected chi connectivity index (χ3v) is 5.43. The SMILES string of the molecule is COC(=O)[C@H](Cc1ccccc1)NC(=O)[C@H](CC(=O)O)NCC[C@H](C)c1ccc(OC)cc1. The summed E-state index contributed by atoms with van der Waals surface area (Å²) < 4.78 is 10.00. The molecular formula is C25H32N2O6. The highest BCUT2D eigenvalue weighted by Crippen LogP contribution is 2.21. The molecule has 2 aromatic rings. The summed E-state index contributed by atoms with van der Waals surface area (Å²) in [6, 6.07) is 15.1. The van der Waals surface area contributed by atoms with Gasteiger partial charge in [-0.15, -0.1) is 0 Å². The zero-order chi connectivity index (χ0) is 24.2. The number of carbonyl (C=O) groups excluding carboxylic acids is 2. The fourth-order valence-corrected chi connectivity index (χ4v) is 3.46. The summed E-state index contributed by atoms with van der Waals surface area (Å²) in [5, 5.41) is 15.0. The van der Waals surface area contributed by atoms with E-state index in [9.17, 15) is 19.5 Å². The van der Waals surface area contributed by atoms with Gasteiger partial charge in [-0.3, -0.25) is 9.59 Å². The molecule has 2 aromatic carbocycles. The number of methoxy groups -OCH3 is 2. The van der Waals surface area contributed by atoms with Crippen molar-refractivity contribution in [1.29, 1.82) is 0 Å². The van der Waals surface area contributed by atoms with Crippen molar-refractivity contribution in [3.63, 3.8) is 0 Å². The number of hydrogen-bond acceptors (Lipinski definition) is 6. The second-order valence-electron chi connectivity index (χ2n) is 7.84. The van der Waals surface area contributed by atoms with E-state index < -0.39 is 36.4 Å². The molecule has 0 spiro atoms. The maximum absolute atomic E-state index is 12.9. The Bertz CT molecular complexity index is 901. The summed E-state index contributed by atoms with van der Waals surface area (Å²) in [4.78, 5) is 36.4. The summed E-state index contributed by atoms with van der Waals surface area (Å²) in [7, 11) is 2.86. The van der Waals surface area contributed by atoms with E-state index in [0.717, 1.165) is 16.9 Å². The molecule has 178 valence electrons. The van der Waals surface area contributed by atoms with Gasteiger partial charge in [0.1, 0.15) is 11.8 Å². The van der Waals surface area contributed by atoms with Crippen LogP contribution in [0.5, 0.6) is 5.75 Å². The first-order valence-electron chi connectivity index (χ1n) is 10.8. The van der Waals surface area contributed by atoms with Crippen molar-refractivity contribution in [3.05, 3.63) is 65.7 Å². The summed E-state index contributed by atoms with van der Waals surface area (Å²) in [6.45, 7) is 2.49. The predicted octanol–water partition coefficient (Wildman–Crippen LogP) is 2.52. The number of aliphatic carboxylic acids is 1. The maximum atomic E-state index is 12.9. The van der Waals surface area contributed by atoms with Crippen molar-refractivity contribution in [2.24, 2.45) is 0 Å². The lowest BCUT2D eigenvalue weighted by molar-refractivity contribution is -0.145. The molecule has 8 nitrogen and oxygen atoms in total. The van der Waals surface area contributed by atoms with Gasteiger partial charge in [0.05, 0.1) is 26.7 Å². The lowest BCUT2D eigenvalue weighted by Crippen LogP contribution is -2.52. The number of benzene rings is 2. The van der Waals surface area contributed by atoms with Crippen LogP contribution in [0, 0.1) is 0 Å². The van der Waals surface area contributed by atoms with Crippen LogP contribution in [-0.2, 0) is 25.5 Å². The van der Waals surface area contributed by atoms with Gasteiger partial charge in [0.25, 0.3) is 0 Å². The number of carboxylic acid groups (broad SMARTS) is 1. The minimum absolute atomic E-state index is 0.192. The number of ether oxygens (including phenoxy) is 2. The van der Waals surface area contributed by atoms with Crippen LogP contribution in [-0.4, -0.2) is 55.8 Å². The monoisotopic (exact) mass is 456 g/mol. The molecule has 0 radical (unpaired) electrons. The van der Waals surface area contributed by atoms with E-state index >= 15 is 0 Å². The average Bonchev–Trinajstić information content (AvgIpc) is 2.82. The highest BCUT2D eigenvalue weighted by Gasteiger charge is 2.27. The van der Waals surface area contributed by atoms with E-state index in [0.29, 0.717) is 13.0 Å². The van der Waals surface area contributed by atoms with Gasteiger partial charge >= 0.3 is 11.9 Å². The molecule has 3 N–H and O–H groups in total. The van der Waals surface area contributed by atoms with E-state index in [1.807, 2.05) is 54.6 Å². The third-order valence-electron chi connectivity index (χ3n) is 5.43. The molecule has 3 atom stereocenters. The van der Waals surface area contributed by atoms with Gasteiger partial charge in [0, 0.05) is 6.42 Å². The standard InChI is InChI=1S/C25H32N2O6/c1-17(19-9-11-20(32-2)12-10-19)13-14-26-21(16-23(28)29)24(30)27-22(25(31)33-3)15-18-7-5-4-6-8-18/h4-12,17,21-22,26H,13-16H2,1-3H3,(H,27,30)(H,28,29)/t17-,21-,22-/m0/s1. The van der Waals surface area contributed by atoms with Crippen molar-refractivity contribution >= 4 is 17.8 Å². The number of esters is 1. The van der Waals surface area contributed by atoms with Crippen molar-refractivity contribution in [2.75, 3.05) is 20.8 Å². The Kier molecular flexibility index (Phi) is 10.4. The Balaban J connectivity index is 1.98. The highest BCUT2D eigenvalue weighted by atomic mass is 16.5. The molecule has 0 saturated heterocycles. The topological polar surface area (TPSA) is 114 Å². The molecule has 33 heavy (non-hydrogen) atoms. The summed E-state index contributed by atoms with van der Waals surface area (Å²) in [5.41, 5.74) is 1.97. The molecule has 0 aliphatic carbocycles. The minimum Gasteiger partial charge on any atom is -0.497 e. The Hall–Kier alpha value is -3.39. The van der Waals surface area contributed by atoms with Gasteiger partial charge in [-0.1, -0.05) is 49.4 Å². The van der Waals surface area contributed by atoms with Gasteiger partial charge in [-0.05, 0) is 42.1 Å². The fraction of sp³-hybridized carbons (Fsp3) is 0.400. The smallest absolute Gasteiger partial charge is 0.328 e. The first kappa shape index (κ1) is 25.9. The first-order valence-corrected chi connectivity index (χ1v) is 10.8. The fourth-order valence-electron chi connectivity index (χ4n) is 3.46. The first-order chi connectivity index (χ1) is 15.8. The average molecular weight is 457 g/mol. The Morgan fingerprint density at radius 1 is 0.970 bits per heavy atom. The molecule has 8 heteroatoms. The van der Waals surface area contributed by atoms with Crippen molar-refractivity contribution < 1.29 is 29.0 Å². The van der Waals surface area contributed by atoms with Crippen LogP contribution in [0.1, 0.15) is 36.8 Å². The van der Waals surface area contributed by atoms with Crippen LogP contribution >= 0.6 is 0 Å². The van der Waals surface area contributed by atoms with Gasteiger partial charge in [-0.2, -0.15) is 0 Å². The molecule has 1 amide bonds. The molecule has 0 heterocycles. The summed E-state index contributed by atoms with van der Waals surface area (Å²) >= 11 is 0. The van der Waals surface area contributed by atoms with Crippen LogP contribution in [0.3, 0.4) is 0 Å². The van der Waals surface area contributed by atoms with E-state index in [4.69, 9.17) is 9.47 Å². The van der Waals surface area contributed by atoms with Gasteiger partial charge in [0.15, 0.2) is 0 Å². The molecule has 0 saturated carbocycles. The van der Waals surface area contributed by atoms with E-state index in [2.05, 4.69) is 17.6 Å². The molecule has 0 aliphatic heterocycles. The summed E-state index contributed by atoms with van der Waals surface area (Å²) in [5.74, 6) is -1.28. The largest absolute Gasteiger partial charge is 0.497 e. The lowest BCUT2D eigenvalue weighted by Gasteiger charge is -2.22. The zero-order valence-corrected chi connectivity index (χ0v) is 19.2. The molecule has 0 aliphatic rings. The number of carboxylic acids is 1. The van der Waals surface area contributed by atoms with E-state index in [1.54, 1.807) is 7.11 Å². The number of carbonyl (C=O) groups is 3. The Morgan fingerprint density at radius 2 is 1.64 bits per heavy atom. The van der Waals surface area contributed by atoms with Crippen LogP contribution in [0.15, 0.2) is 54.6 Å². The highest BCUT2D eigenvalue weighted by molar-refractivity contribution is 5.90. The zero-order valence-electron chi connectivity index (χ0n) is 19.2. The Morgan fingerprint density at radius 3 is 2.21 bits per heavy atom. The maximum Gasteiger partial charge on any atom is 0.328 e. The number of hydrogen-bond donors (Lipinski definition) is 3. The quantitative estimate of drug-likeness (QED) is 0.397. The van der Waals surface area contributed by atoms with Crippen LogP contribution in [0.2, 0.25) is 0 Å². The number of nitrogens with one attached hydrogen (secondary N) is 2. The second kappa shape index (κ2) is 13.2. The normalized spacial score (nSPS) is 13.4. The van der Waals surface area contributed by atoms with Crippen molar-refractivity contribution in [3.8, 4) is 5.75 Å².